The summed E-state index contributed by atoms with van der Waals surface area (Å²) < 4.78 is 0. The Balaban J connectivity index is 3.39. The molecule has 0 aromatic carbocycles. The van der Waals surface area contributed by atoms with Crippen molar-refractivity contribution in [3.8, 4) is 0 Å². The zero-order valence-corrected chi connectivity index (χ0v) is 12.0. The summed E-state index contributed by atoms with van der Waals surface area (Å²) in [6.45, 7) is 9.20. The van der Waals surface area contributed by atoms with Gasteiger partial charge in [0, 0.05) is 0 Å². The third kappa shape index (κ3) is 10.3. The predicted molar refractivity (Wildman–Crippen MR) is 75.8 cm³/mol. The zero-order chi connectivity index (χ0) is 12.2. The SMILES string of the molecule is CC=CCC(C)CC(C)CCCCCCC. The smallest absolute Gasteiger partial charge is 0.0325 e. The first kappa shape index (κ1) is 15.7. The van der Waals surface area contributed by atoms with E-state index in [9.17, 15) is 0 Å². The summed E-state index contributed by atoms with van der Waals surface area (Å²) in [7, 11) is 0. The minimum atomic E-state index is 0.863. The van der Waals surface area contributed by atoms with Crippen LogP contribution in [0.1, 0.15) is 79.1 Å². The highest BCUT2D eigenvalue weighted by atomic mass is 14.1. The summed E-state index contributed by atoms with van der Waals surface area (Å²) in [6.07, 6.45) is 15.7. The first-order valence-electron chi connectivity index (χ1n) is 7.31. The molecule has 0 saturated carbocycles. The van der Waals surface area contributed by atoms with Gasteiger partial charge in [0.1, 0.15) is 0 Å². The summed E-state index contributed by atoms with van der Waals surface area (Å²) in [6, 6.07) is 0. The highest BCUT2D eigenvalue weighted by Crippen LogP contribution is 2.20. The van der Waals surface area contributed by atoms with Gasteiger partial charge >= 0.3 is 0 Å². The average Bonchev–Trinajstić information content (AvgIpc) is 2.26. The van der Waals surface area contributed by atoms with E-state index in [0.29, 0.717) is 0 Å². The molecule has 0 fully saturated rings. The van der Waals surface area contributed by atoms with E-state index in [-0.39, 0.29) is 0 Å². The summed E-state index contributed by atoms with van der Waals surface area (Å²) in [4.78, 5) is 0. The highest BCUT2D eigenvalue weighted by molar-refractivity contribution is 4.79. The van der Waals surface area contributed by atoms with Crippen molar-refractivity contribution in [1.29, 1.82) is 0 Å². The third-order valence-electron chi connectivity index (χ3n) is 3.38. The van der Waals surface area contributed by atoms with E-state index in [2.05, 4.69) is 39.8 Å². The van der Waals surface area contributed by atoms with Gasteiger partial charge in [-0.05, 0) is 31.6 Å². The Morgan fingerprint density at radius 3 is 2.25 bits per heavy atom. The standard InChI is InChI=1S/C16H32/c1-5-7-9-10-11-13-16(4)14-15(3)12-8-6-2/h6,8,15-16H,5,7,9-14H2,1-4H3. The van der Waals surface area contributed by atoms with Crippen LogP contribution >= 0.6 is 0 Å². The van der Waals surface area contributed by atoms with Gasteiger partial charge in [0.25, 0.3) is 0 Å². The van der Waals surface area contributed by atoms with Gasteiger partial charge in [0.2, 0.25) is 0 Å². The Morgan fingerprint density at radius 2 is 1.62 bits per heavy atom. The van der Waals surface area contributed by atoms with Crippen LogP contribution in [-0.2, 0) is 0 Å². The maximum Gasteiger partial charge on any atom is -0.0325 e. The van der Waals surface area contributed by atoms with E-state index < -0.39 is 0 Å². The number of hydrogen-bond donors (Lipinski definition) is 0. The van der Waals surface area contributed by atoms with Crippen LogP contribution in [0.3, 0.4) is 0 Å². The van der Waals surface area contributed by atoms with Crippen molar-refractivity contribution in [1.82, 2.24) is 0 Å². The van der Waals surface area contributed by atoms with E-state index in [4.69, 9.17) is 0 Å². The van der Waals surface area contributed by atoms with Crippen LogP contribution in [0.25, 0.3) is 0 Å². The lowest BCUT2D eigenvalue weighted by molar-refractivity contribution is 0.382. The molecule has 16 heavy (non-hydrogen) atoms. The molecule has 0 aromatic heterocycles. The second kappa shape index (κ2) is 11.2. The van der Waals surface area contributed by atoms with Crippen LogP contribution in [0.2, 0.25) is 0 Å². The summed E-state index contributed by atoms with van der Waals surface area (Å²) in [5.41, 5.74) is 0. The Labute approximate surface area is 104 Å². The van der Waals surface area contributed by atoms with Crippen molar-refractivity contribution in [3.05, 3.63) is 12.2 Å². The molecule has 0 aliphatic heterocycles. The van der Waals surface area contributed by atoms with Crippen LogP contribution in [0, 0.1) is 11.8 Å². The molecule has 0 amide bonds. The quantitative estimate of drug-likeness (QED) is 0.316. The van der Waals surface area contributed by atoms with Crippen LogP contribution in [0.5, 0.6) is 0 Å². The van der Waals surface area contributed by atoms with Crippen molar-refractivity contribution in [3.63, 3.8) is 0 Å². The molecule has 0 spiro atoms. The van der Waals surface area contributed by atoms with Gasteiger partial charge in [0.15, 0.2) is 0 Å². The van der Waals surface area contributed by atoms with E-state index in [1.807, 2.05) is 0 Å². The molecule has 0 aliphatic carbocycles. The third-order valence-corrected chi connectivity index (χ3v) is 3.38. The summed E-state index contributed by atoms with van der Waals surface area (Å²) in [5, 5.41) is 0. The number of allylic oxidation sites excluding steroid dienone is 2. The summed E-state index contributed by atoms with van der Waals surface area (Å²) in [5.74, 6) is 1.78. The molecule has 0 radical (unpaired) electrons. The fourth-order valence-corrected chi connectivity index (χ4v) is 2.37. The van der Waals surface area contributed by atoms with Crippen LogP contribution in [0.4, 0.5) is 0 Å². The minimum Gasteiger partial charge on any atom is -0.0917 e. The lowest BCUT2D eigenvalue weighted by atomic mass is 9.91. The molecule has 0 saturated heterocycles. The van der Waals surface area contributed by atoms with Gasteiger partial charge < -0.3 is 0 Å². The van der Waals surface area contributed by atoms with Gasteiger partial charge in [0.05, 0.1) is 0 Å². The largest absolute Gasteiger partial charge is 0.0917 e. The Hall–Kier alpha value is -0.260. The zero-order valence-electron chi connectivity index (χ0n) is 12.0. The molecule has 0 heteroatoms. The maximum absolute atomic E-state index is 2.42. The van der Waals surface area contributed by atoms with E-state index >= 15 is 0 Å². The molecule has 0 rings (SSSR count). The number of unbranched alkanes of at least 4 members (excludes halogenated alkanes) is 4. The fourth-order valence-electron chi connectivity index (χ4n) is 2.37. The second-order valence-corrected chi connectivity index (χ2v) is 5.45. The predicted octanol–water partition coefficient (Wildman–Crippen LogP) is 5.98. The molecule has 2 atom stereocenters. The average molecular weight is 224 g/mol. The van der Waals surface area contributed by atoms with E-state index in [1.165, 1.54) is 51.4 Å². The van der Waals surface area contributed by atoms with Gasteiger partial charge in [-0.25, -0.2) is 0 Å². The fraction of sp³-hybridized carbons (Fsp3) is 0.875. The lowest BCUT2D eigenvalue weighted by Gasteiger charge is -2.15. The molecule has 0 nitrogen and oxygen atoms in total. The van der Waals surface area contributed by atoms with Crippen molar-refractivity contribution < 1.29 is 0 Å². The number of hydrogen-bond acceptors (Lipinski definition) is 0. The van der Waals surface area contributed by atoms with Gasteiger partial charge in [-0.15, -0.1) is 0 Å². The first-order valence-corrected chi connectivity index (χ1v) is 7.31. The van der Waals surface area contributed by atoms with Crippen molar-refractivity contribution in [2.24, 2.45) is 11.8 Å². The van der Waals surface area contributed by atoms with E-state index in [0.717, 1.165) is 11.8 Å². The normalized spacial score (nSPS) is 15.5. The van der Waals surface area contributed by atoms with Crippen LogP contribution in [-0.4, -0.2) is 0 Å². The van der Waals surface area contributed by atoms with Crippen LogP contribution in [0.15, 0.2) is 12.2 Å². The maximum atomic E-state index is 2.42. The van der Waals surface area contributed by atoms with Gasteiger partial charge in [-0.3, -0.25) is 0 Å². The Kier molecular flexibility index (Phi) is 11.0. The molecule has 0 heterocycles. The van der Waals surface area contributed by atoms with Crippen molar-refractivity contribution >= 4 is 0 Å². The van der Waals surface area contributed by atoms with Gasteiger partial charge in [-0.1, -0.05) is 71.4 Å². The van der Waals surface area contributed by atoms with E-state index in [1.54, 1.807) is 0 Å². The monoisotopic (exact) mass is 224 g/mol. The molecule has 96 valence electrons. The topological polar surface area (TPSA) is 0 Å². The van der Waals surface area contributed by atoms with Crippen LogP contribution < -0.4 is 0 Å². The minimum absolute atomic E-state index is 0.863. The molecule has 2 unspecified atom stereocenters. The Bertz CT molecular complexity index is 157. The lowest BCUT2D eigenvalue weighted by Crippen LogP contribution is -2.02. The highest BCUT2D eigenvalue weighted by Gasteiger charge is 2.07. The first-order chi connectivity index (χ1) is 7.70. The Morgan fingerprint density at radius 1 is 0.938 bits per heavy atom. The van der Waals surface area contributed by atoms with Crippen molar-refractivity contribution in [2.75, 3.05) is 0 Å². The molecular formula is C16H32. The number of rotatable bonds is 10. The van der Waals surface area contributed by atoms with Crippen molar-refractivity contribution in [2.45, 2.75) is 79.1 Å². The summed E-state index contributed by atoms with van der Waals surface area (Å²) >= 11 is 0. The second-order valence-electron chi connectivity index (χ2n) is 5.45. The molecule has 0 aliphatic rings. The molecule has 0 N–H and O–H groups in total. The molecular weight excluding hydrogens is 192 g/mol. The van der Waals surface area contributed by atoms with Gasteiger partial charge in [-0.2, -0.15) is 0 Å². The molecule has 0 aromatic rings. The molecule has 0 bridgehead atoms.